The maximum absolute atomic E-state index is 6.82. The molecule has 1 aliphatic carbocycles. The summed E-state index contributed by atoms with van der Waals surface area (Å²) in [6, 6.07) is 63.4. The number of para-hydroxylation sites is 3. The van der Waals surface area contributed by atoms with E-state index in [1.54, 1.807) is 0 Å². The monoisotopic (exact) mass is 816 g/mol. The van der Waals surface area contributed by atoms with E-state index in [-0.39, 0.29) is 12.1 Å². The van der Waals surface area contributed by atoms with Crippen molar-refractivity contribution in [3.8, 4) is 16.8 Å². The molecule has 1 heterocycles. The summed E-state index contributed by atoms with van der Waals surface area (Å²) in [5.74, 6) is 0. The topological polar surface area (TPSA) is 46.2 Å². The van der Waals surface area contributed by atoms with Crippen LogP contribution in [0.4, 0.5) is 11.4 Å². The Morgan fingerprint density at radius 2 is 1.33 bits per heavy atom. The number of nitrogens with zero attached hydrogens (tertiary/aromatic N) is 2. The highest BCUT2D eigenvalue weighted by Crippen LogP contribution is 2.47. The molecule has 0 amide bonds. The number of rotatable bonds is 12. The normalized spacial score (nSPS) is 14.9. The van der Waals surface area contributed by atoms with Crippen LogP contribution in [0.3, 0.4) is 0 Å². The fraction of sp³-hybridized carbons (Fsp3) is 0.119. The van der Waals surface area contributed by atoms with Gasteiger partial charge in [-0.05, 0) is 119 Å². The van der Waals surface area contributed by atoms with Gasteiger partial charge in [0.1, 0.15) is 0 Å². The lowest BCUT2D eigenvalue weighted by molar-refractivity contribution is 0.253. The van der Waals surface area contributed by atoms with Gasteiger partial charge in [0, 0.05) is 45.4 Å². The molecule has 1 aliphatic rings. The van der Waals surface area contributed by atoms with E-state index in [2.05, 4.69) is 218 Å². The molecule has 0 aliphatic heterocycles. The molecular formula is C59H52N4. The highest BCUT2D eigenvalue weighted by atomic mass is 15.2. The zero-order chi connectivity index (χ0) is 43.2. The molecule has 1 saturated carbocycles. The number of nitrogen functional groups attached to an aromatic ring is 1. The molecule has 8 aromatic carbocycles. The SMILES string of the molecule is C=Cc1ccccc1CC(C)N(C)C1C/C1=C(/Nc1c(C(=C)c2ccccc2-c2ccccc2C)cccc1-n1c2ccccc2c2ccccc21)c1cc(N)cc2ccccc12. The molecule has 0 saturated heterocycles. The highest BCUT2D eigenvalue weighted by molar-refractivity contribution is 6.11. The Hall–Kier alpha value is -7.40. The molecule has 2 atom stereocenters. The Bertz CT molecular complexity index is 3220. The number of nitrogens with two attached hydrogens (primary N) is 1. The van der Waals surface area contributed by atoms with E-state index in [4.69, 9.17) is 12.3 Å². The van der Waals surface area contributed by atoms with Gasteiger partial charge in [-0.25, -0.2) is 0 Å². The minimum absolute atomic E-state index is 0.229. The summed E-state index contributed by atoms with van der Waals surface area (Å²) in [5, 5.41) is 8.94. The number of aromatic nitrogens is 1. The Labute approximate surface area is 371 Å². The first-order valence-corrected chi connectivity index (χ1v) is 22.0. The molecule has 1 aromatic heterocycles. The van der Waals surface area contributed by atoms with Crippen molar-refractivity contribution in [2.75, 3.05) is 18.1 Å². The number of anilines is 2. The Balaban J connectivity index is 1.20. The van der Waals surface area contributed by atoms with Crippen molar-refractivity contribution in [3.05, 3.63) is 228 Å². The lowest BCUT2D eigenvalue weighted by Gasteiger charge is -2.26. The Morgan fingerprint density at radius 1 is 0.714 bits per heavy atom. The van der Waals surface area contributed by atoms with Crippen LogP contribution in [0.15, 0.2) is 195 Å². The quantitative estimate of drug-likeness (QED) is 0.121. The van der Waals surface area contributed by atoms with Crippen molar-refractivity contribution in [2.24, 2.45) is 0 Å². The van der Waals surface area contributed by atoms with Crippen LogP contribution in [0.1, 0.15) is 46.7 Å². The standard InChI is InChI=1S/C59H52N4/c1-6-41-21-8-9-22-42(41)34-39(3)62(5)57-37-53(57)58(52-36-44(60)35-43-23-10-12-26-48(43)52)61-59-47(40(4)46-25-13-14-27-49(46)45-24-11-7-20-38(45)2)30-19-33-56(59)63-54-31-17-15-28-50(54)51-29-16-18-32-55(51)63/h6-33,35-36,39,57,61H,1,4,34,37,60H2,2-3,5H3/b58-53-. The number of hydrogen-bond donors (Lipinski definition) is 2. The molecule has 1 fully saturated rings. The molecule has 10 rings (SSSR count). The van der Waals surface area contributed by atoms with Crippen LogP contribution in [0.5, 0.6) is 0 Å². The zero-order valence-corrected chi connectivity index (χ0v) is 36.3. The van der Waals surface area contributed by atoms with E-state index in [0.717, 1.165) is 85.2 Å². The van der Waals surface area contributed by atoms with E-state index in [9.17, 15) is 0 Å². The van der Waals surface area contributed by atoms with Crippen LogP contribution in [-0.2, 0) is 6.42 Å². The van der Waals surface area contributed by atoms with E-state index in [1.165, 1.54) is 38.6 Å². The lowest BCUT2D eigenvalue weighted by atomic mass is 9.89. The van der Waals surface area contributed by atoms with Gasteiger partial charge in [-0.15, -0.1) is 0 Å². The molecule has 9 aromatic rings. The molecule has 3 N–H and O–H groups in total. The second-order valence-corrected chi connectivity index (χ2v) is 17.1. The van der Waals surface area contributed by atoms with Crippen LogP contribution in [0.2, 0.25) is 0 Å². The molecule has 0 bridgehead atoms. The van der Waals surface area contributed by atoms with Gasteiger partial charge in [-0.2, -0.15) is 0 Å². The average molecular weight is 817 g/mol. The summed E-state index contributed by atoms with van der Waals surface area (Å²) in [6.07, 6.45) is 3.82. The molecule has 63 heavy (non-hydrogen) atoms. The fourth-order valence-corrected chi connectivity index (χ4v) is 9.78. The molecular weight excluding hydrogens is 765 g/mol. The van der Waals surface area contributed by atoms with E-state index >= 15 is 0 Å². The molecule has 2 unspecified atom stereocenters. The van der Waals surface area contributed by atoms with Crippen molar-refractivity contribution in [1.29, 1.82) is 0 Å². The number of aryl methyl sites for hydroxylation is 1. The van der Waals surface area contributed by atoms with Gasteiger partial charge in [0.25, 0.3) is 0 Å². The second-order valence-electron chi connectivity index (χ2n) is 17.1. The van der Waals surface area contributed by atoms with Gasteiger partial charge in [0.15, 0.2) is 0 Å². The van der Waals surface area contributed by atoms with Crippen LogP contribution >= 0.6 is 0 Å². The van der Waals surface area contributed by atoms with E-state index in [0.29, 0.717) is 0 Å². The Kier molecular flexibility index (Phi) is 10.4. The predicted octanol–water partition coefficient (Wildman–Crippen LogP) is 14.4. The third-order valence-electron chi connectivity index (χ3n) is 13.2. The third-order valence-corrected chi connectivity index (χ3v) is 13.2. The summed E-state index contributed by atoms with van der Waals surface area (Å²) < 4.78 is 2.42. The Morgan fingerprint density at radius 3 is 2.08 bits per heavy atom. The van der Waals surface area contributed by atoms with Crippen molar-refractivity contribution >= 4 is 61.3 Å². The summed E-state index contributed by atoms with van der Waals surface area (Å²) in [7, 11) is 2.27. The van der Waals surface area contributed by atoms with Gasteiger partial charge < -0.3 is 15.6 Å². The molecule has 4 nitrogen and oxygen atoms in total. The first-order chi connectivity index (χ1) is 30.8. The number of benzene rings is 8. The maximum atomic E-state index is 6.82. The van der Waals surface area contributed by atoms with E-state index in [1.807, 2.05) is 6.08 Å². The predicted molar refractivity (Wildman–Crippen MR) is 270 cm³/mol. The summed E-state index contributed by atoms with van der Waals surface area (Å²) in [6.45, 7) is 13.6. The first kappa shape index (κ1) is 39.7. The average Bonchev–Trinajstić information content (AvgIpc) is 4.04. The third kappa shape index (κ3) is 7.22. The summed E-state index contributed by atoms with van der Waals surface area (Å²) >= 11 is 0. The lowest BCUT2D eigenvalue weighted by Crippen LogP contribution is -2.33. The molecule has 0 radical (unpaired) electrons. The van der Waals surface area contributed by atoms with Gasteiger partial charge in [0.05, 0.1) is 22.4 Å². The van der Waals surface area contributed by atoms with Gasteiger partial charge >= 0.3 is 0 Å². The highest BCUT2D eigenvalue weighted by Gasteiger charge is 2.39. The van der Waals surface area contributed by atoms with Crippen LogP contribution < -0.4 is 11.1 Å². The van der Waals surface area contributed by atoms with Crippen molar-refractivity contribution < 1.29 is 0 Å². The number of likely N-dealkylation sites (N-methyl/N-ethyl adjacent to an activating group) is 1. The van der Waals surface area contributed by atoms with Gasteiger partial charge in [-0.3, -0.25) is 4.90 Å². The second kappa shape index (κ2) is 16.5. The van der Waals surface area contributed by atoms with Gasteiger partial charge in [-0.1, -0.05) is 165 Å². The minimum Gasteiger partial charge on any atom is -0.399 e. The smallest absolute Gasteiger partial charge is 0.0709 e. The van der Waals surface area contributed by atoms with Crippen LogP contribution in [0, 0.1) is 6.92 Å². The minimum atomic E-state index is 0.229. The van der Waals surface area contributed by atoms with Crippen LogP contribution in [-0.4, -0.2) is 28.6 Å². The summed E-state index contributed by atoms with van der Waals surface area (Å²) in [4.78, 5) is 2.54. The number of nitrogens with one attached hydrogen (secondary N) is 1. The molecule has 4 heteroatoms. The first-order valence-electron chi connectivity index (χ1n) is 22.0. The largest absolute Gasteiger partial charge is 0.399 e. The number of fused-ring (bicyclic) bond motifs is 4. The van der Waals surface area contributed by atoms with Crippen molar-refractivity contribution in [3.63, 3.8) is 0 Å². The van der Waals surface area contributed by atoms with E-state index < -0.39 is 0 Å². The van der Waals surface area contributed by atoms with Crippen molar-refractivity contribution in [2.45, 2.75) is 38.8 Å². The summed E-state index contributed by atoms with van der Waals surface area (Å²) in [5.41, 5.74) is 24.6. The number of hydrogen-bond acceptors (Lipinski definition) is 3. The van der Waals surface area contributed by atoms with Crippen molar-refractivity contribution in [1.82, 2.24) is 9.47 Å². The van der Waals surface area contributed by atoms with Crippen LogP contribution in [0.25, 0.3) is 66.7 Å². The molecule has 0 spiro atoms. The van der Waals surface area contributed by atoms with Gasteiger partial charge in [0.2, 0.25) is 0 Å². The fourth-order valence-electron chi connectivity index (χ4n) is 9.78. The maximum Gasteiger partial charge on any atom is 0.0709 e. The molecule has 308 valence electrons. The zero-order valence-electron chi connectivity index (χ0n) is 36.3.